The molecule has 0 aromatic carbocycles. The topological polar surface area (TPSA) is 79.4 Å². The predicted molar refractivity (Wildman–Crippen MR) is 53.3 cm³/mol. The Hall–Kier alpha value is -0.140. The maximum atomic E-state index is 9.63. The van der Waals surface area contributed by atoms with Crippen molar-refractivity contribution in [3.05, 3.63) is 10.7 Å². The van der Waals surface area contributed by atoms with Crippen molar-refractivity contribution in [2.75, 3.05) is 0 Å². The number of rotatable bonds is 3. The van der Waals surface area contributed by atoms with Gasteiger partial charge >= 0.3 is 0 Å². The van der Waals surface area contributed by atoms with E-state index in [1.54, 1.807) is 13.8 Å². The standard InChI is InChI=1S/C7H12N2O2S2/c1-7(2,11)6-9-4(3-10)5(12-6)13-8/h10-11H,3,8H2,1-2H3. The third-order valence-corrected chi connectivity index (χ3v) is 3.64. The smallest absolute Gasteiger partial charge is 0.125 e. The van der Waals surface area contributed by atoms with E-state index in [4.69, 9.17) is 10.2 Å². The highest BCUT2D eigenvalue weighted by Crippen LogP contribution is 2.32. The molecule has 1 aromatic heterocycles. The largest absolute Gasteiger partial charge is 0.390 e. The van der Waals surface area contributed by atoms with E-state index in [-0.39, 0.29) is 6.61 Å². The number of thiazole rings is 1. The molecule has 0 atom stereocenters. The van der Waals surface area contributed by atoms with Crippen LogP contribution in [0.1, 0.15) is 24.5 Å². The molecule has 1 aromatic rings. The summed E-state index contributed by atoms with van der Waals surface area (Å²) in [5, 5.41) is 24.5. The lowest BCUT2D eigenvalue weighted by atomic mass is 10.2. The van der Waals surface area contributed by atoms with Crippen molar-refractivity contribution in [1.29, 1.82) is 0 Å². The van der Waals surface area contributed by atoms with Gasteiger partial charge in [0.2, 0.25) is 0 Å². The number of aliphatic hydroxyl groups excluding tert-OH is 1. The number of hydrogen-bond donors (Lipinski definition) is 3. The maximum absolute atomic E-state index is 9.63. The van der Waals surface area contributed by atoms with Gasteiger partial charge in [0.05, 0.1) is 12.3 Å². The van der Waals surface area contributed by atoms with Gasteiger partial charge in [-0.25, -0.2) is 4.98 Å². The van der Waals surface area contributed by atoms with Crippen LogP contribution in [-0.4, -0.2) is 15.2 Å². The monoisotopic (exact) mass is 220 g/mol. The average molecular weight is 220 g/mol. The lowest BCUT2D eigenvalue weighted by Crippen LogP contribution is -2.14. The summed E-state index contributed by atoms with van der Waals surface area (Å²) in [7, 11) is 0. The summed E-state index contributed by atoms with van der Waals surface area (Å²) in [6.07, 6.45) is 0. The summed E-state index contributed by atoms with van der Waals surface area (Å²) in [5.41, 5.74) is -0.433. The molecule has 74 valence electrons. The molecular weight excluding hydrogens is 208 g/mol. The van der Waals surface area contributed by atoms with E-state index in [0.29, 0.717) is 10.7 Å². The van der Waals surface area contributed by atoms with Crippen LogP contribution in [-0.2, 0) is 12.2 Å². The Morgan fingerprint density at radius 3 is 2.54 bits per heavy atom. The van der Waals surface area contributed by atoms with Crippen LogP contribution < -0.4 is 5.14 Å². The average Bonchev–Trinajstić information content (AvgIpc) is 2.45. The number of nitrogens with two attached hydrogens (primary N) is 1. The van der Waals surface area contributed by atoms with Gasteiger partial charge in [-0.15, -0.1) is 11.3 Å². The van der Waals surface area contributed by atoms with Crippen molar-refractivity contribution < 1.29 is 10.2 Å². The fourth-order valence-electron chi connectivity index (χ4n) is 0.791. The van der Waals surface area contributed by atoms with Crippen molar-refractivity contribution in [1.82, 2.24) is 4.98 Å². The Balaban J connectivity index is 3.07. The zero-order valence-electron chi connectivity index (χ0n) is 7.44. The van der Waals surface area contributed by atoms with Gasteiger partial charge in [-0.2, -0.15) is 0 Å². The highest BCUT2D eigenvalue weighted by Gasteiger charge is 2.22. The molecule has 0 saturated carbocycles. The van der Waals surface area contributed by atoms with Crippen LogP contribution in [0.15, 0.2) is 4.21 Å². The van der Waals surface area contributed by atoms with E-state index in [0.717, 1.165) is 16.2 Å². The van der Waals surface area contributed by atoms with Crippen LogP contribution >= 0.6 is 23.3 Å². The molecule has 0 aliphatic heterocycles. The molecule has 6 heteroatoms. The van der Waals surface area contributed by atoms with Gasteiger partial charge < -0.3 is 10.2 Å². The van der Waals surface area contributed by atoms with Crippen molar-refractivity contribution in [3.8, 4) is 0 Å². The minimum absolute atomic E-state index is 0.147. The van der Waals surface area contributed by atoms with Crippen molar-refractivity contribution in [2.24, 2.45) is 5.14 Å². The summed E-state index contributed by atoms with van der Waals surface area (Å²) >= 11 is 2.35. The number of aliphatic hydroxyl groups is 2. The van der Waals surface area contributed by atoms with Gasteiger partial charge in [-0.1, -0.05) is 0 Å². The summed E-state index contributed by atoms with van der Waals surface area (Å²) in [6, 6.07) is 0. The van der Waals surface area contributed by atoms with Gasteiger partial charge in [-0.05, 0) is 25.8 Å². The summed E-state index contributed by atoms with van der Waals surface area (Å²) < 4.78 is 0.750. The molecule has 0 aliphatic carbocycles. The first-order valence-corrected chi connectivity index (χ1v) is 5.38. The molecule has 0 aliphatic rings. The summed E-state index contributed by atoms with van der Waals surface area (Å²) in [5.74, 6) is 0. The van der Waals surface area contributed by atoms with Gasteiger partial charge in [0, 0.05) is 0 Å². The molecule has 0 fully saturated rings. The second kappa shape index (κ2) is 3.93. The molecule has 4 nitrogen and oxygen atoms in total. The first-order valence-electron chi connectivity index (χ1n) is 3.69. The van der Waals surface area contributed by atoms with E-state index in [1.165, 1.54) is 11.3 Å². The Labute approximate surface area is 84.9 Å². The van der Waals surface area contributed by atoms with Gasteiger partial charge in [0.1, 0.15) is 14.8 Å². The molecule has 1 heterocycles. The van der Waals surface area contributed by atoms with Crippen LogP contribution in [0.2, 0.25) is 0 Å². The number of hydrogen-bond acceptors (Lipinski definition) is 6. The van der Waals surface area contributed by atoms with E-state index >= 15 is 0 Å². The Morgan fingerprint density at radius 1 is 1.62 bits per heavy atom. The Kier molecular flexibility index (Phi) is 3.31. The van der Waals surface area contributed by atoms with Crippen LogP contribution in [0.4, 0.5) is 0 Å². The lowest BCUT2D eigenvalue weighted by Gasteiger charge is -2.12. The molecule has 13 heavy (non-hydrogen) atoms. The first-order chi connectivity index (χ1) is 5.99. The van der Waals surface area contributed by atoms with Crippen molar-refractivity contribution in [3.63, 3.8) is 0 Å². The van der Waals surface area contributed by atoms with Crippen LogP contribution in [0, 0.1) is 0 Å². The zero-order valence-corrected chi connectivity index (χ0v) is 9.08. The van der Waals surface area contributed by atoms with Crippen LogP contribution in [0.5, 0.6) is 0 Å². The fourth-order valence-corrected chi connectivity index (χ4v) is 2.28. The van der Waals surface area contributed by atoms with Crippen molar-refractivity contribution in [2.45, 2.75) is 30.3 Å². The second-order valence-corrected chi connectivity index (χ2v) is 4.99. The van der Waals surface area contributed by atoms with Crippen LogP contribution in [0.25, 0.3) is 0 Å². The zero-order chi connectivity index (χ0) is 10.1. The minimum Gasteiger partial charge on any atom is -0.390 e. The molecule has 0 saturated heterocycles. The van der Waals surface area contributed by atoms with Crippen LogP contribution in [0.3, 0.4) is 0 Å². The highest BCUT2D eigenvalue weighted by molar-refractivity contribution is 7.99. The first kappa shape index (κ1) is 10.9. The molecule has 1 rings (SSSR count). The SMILES string of the molecule is CC(C)(O)c1nc(CO)c(SN)s1. The quantitative estimate of drug-likeness (QED) is 0.657. The molecule has 0 unspecified atom stereocenters. The predicted octanol–water partition coefficient (Wildman–Crippen LogP) is 0.829. The lowest BCUT2D eigenvalue weighted by molar-refractivity contribution is 0.0779. The normalized spacial score (nSPS) is 12.1. The van der Waals surface area contributed by atoms with Gasteiger partial charge in [0.15, 0.2) is 0 Å². The third-order valence-electron chi connectivity index (χ3n) is 1.44. The van der Waals surface area contributed by atoms with Crippen molar-refractivity contribution >= 4 is 23.3 Å². The number of aromatic nitrogens is 1. The fraction of sp³-hybridized carbons (Fsp3) is 0.571. The Bertz CT molecular complexity index is 272. The molecule has 0 amide bonds. The summed E-state index contributed by atoms with van der Waals surface area (Å²) in [4.78, 5) is 4.09. The molecule has 4 N–H and O–H groups in total. The maximum Gasteiger partial charge on any atom is 0.125 e. The third kappa shape index (κ3) is 2.41. The molecule has 0 bridgehead atoms. The van der Waals surface area contributed by atoms with Gasteiger partial charge in [-0.3, -0.25) is 5.14 Å². The molecule has 0 radical (unpaired) electrons. The van der Waals surface area contributed by atoms with E-state index in [1.807, 2.05) is 0 Å². The molecule has 0 spiro atoms. The minimum atomic E-state index is -0.970. The van der Waals surface area contributed by atoms with E-state index < -0.39 is 5.60 Å². The molecular formula is C7H12N2O2S2. The van der Waals surface area contributed by atoms with Gasteiger partial charge in [0.25, 0.3) is 0 Å². The van der Waals surface area contributed by atoms with E-state index in [9.17, 15) is 5.11 Å². The summed E-state index contributed by atoms with van der Waals surface area (Å²) in [6.45, 7) is 3.15. The van der Waals surface area contributed by atoms with E-state index in [2.05, 4.69) is 4.98 Å². The Morgan fingerprint density at radius 2 is 2.23 bits per heavy atom. The second-order valence-electron chi connectivity index (χ2n) is 3.09. The number of nitrogens with zero attached hydrogens (tertiary/aromatic N) is 1. The highest BCUT2D eigenvalue weighted by atomic mass is 32.2.